The summed E-state index contributed by atoms with van der Waals surface area (Å²) in [6.45, 7) is 2.80. The first kappa shape index (κ1) is 10.9. The fraction of sp³-hybridized carbons (Fsp3) is 0.400. The molecule has 0 radical (unpaired) electrons. The molecule has 1 aromatic carbocycles. The number of halogens is 3. The molecule has 4 heteroatoms. The van der Waals surface area contributed by atoms with Crippen molar-refractivity contribution in [2.45, 2.75) is 20.0 Å². The SMILES string of the molecule is Cc1ccc(NCC(F)(F)F)cc1C. The number of benzene rings is 1. The van der Waals surface area contributed by atoms with Crippen LogP contribution in [0.25, 0.3) is 0 Å². The van der Waals surface area contributed by atoms with Crippen LogP contribution < -0.4 is 5.32 Å². The second-order valence-electron chi connectivity index (χ2n) is 3.27. The molecule has 0 unspecified atom stereocenters. The molecule has 0 aliphatic heterocycles. The van der Waals surface area contributed by atoms with E-state index in [1.54, 1.807) is 18.2 Å². The van der Waals surface area contributed by atoms with Crippen LogP contribution in [0.2, 0.25) is 0 Å². The number of alkyl halides is 3. The summed E-state index contributed by atoms with van der Waals surface area (Å²) in [4.78, 5) is 0. The third-order valence-corrected chi connectivity index (χ3v) is 2.00. The van der Waals surface area contributed by atoms with Crippen molar-refractivity contribution in [3.8, 4) is 0 Å². The maximum atomic E-state index is 11.9. The van der Waals surface area contributed by atoms with E-state index in [4.69, 9.17) is 0 Å². The third kappa shape index (κ3) is 3.28. The van der Waals surface area contributed by atoms with Gasteiger partial charge in [-0.3, -0.25) is 0 Å². The summed E-state index contributed by atoms with van der Waals surface area (Å²) in [6, 6.07) is 5.16. The van der Waals surface area contributed by atoms with Crippen molar-refractivity contribution >= 4 is 5.69 Å². The molecule has 1 nitrogen and oxygen atoms in total. The highest BCUT2D eigenvalue weighted by Crippen LogP contribution is 2.18. The highest BCUT2D eigenvalue weighted by Gasteiger charge is 2.26. The van der Waals surface area contributed by atoms with Gasteiger partial charge in [0, 0.05) is 5.69 Å². The Morgan fingerprint density at radius 2 is 1.79 bits per heavy atom. The van der Waals surface area contributed by atoms with Gasteiger partial charge in [0.25, 0.3) is 0 Å². The molecule has 0 aromatic heterocycles. The largest absolute Gasteiger partial charge is 0.405 e. The summed E-state index contributed by atoms with van der Waals surface area (Å²) in [5.74, 6) is 0. The van der Waals surface area contributed by atoms with E-state index in [0.717, 1.165) is 11.1 Å². The Labute approximate surface area is 80.9 Å². The van der Waals surface area contributed by atoms with Gasteiger partial charge in [-0.2, -0.15) is 13.2 Å². The van der Waals surface area contributed by atoms with E-state index in [2.05, 4.69) is 5.32 Å². The topological polar surface area (TPSA) is 12.0 Å². The first-order valence-corrected chi connectivity index (χ1v) is 4.26. The molecule has 0 fully saturated rings. The van der Waals surface area contributed by atoms with Gasteiger partial charge in [0.2, 0.25) is 0 Å². The Kier molecular flexibility index (Phi) is 3.03. The molecule has 1 rings (SSSR count). The molecule has 78 valence electrons. The van der Waals surface area contributed by atoms with Gasteiger partial charge >= 0.3 is 6.18 Å². The monoisotopic (exact) mass is 203 g/mol. The molecule has 0 saturated carbocycles. The summed E-state index contributed by atoms with van der Waals surface area (Å²) in [5, 5.41) is 2.33. The Bertz CT molecular complexity index is 318. The molecule has 0 bridgehead atoms. The van der Waals surface area contributed by atoms with Crippen molar-refractivity contribution < 1.29 is 13.2 Å². The molecule has 0 aliphatic rings. The average molecular weight is 203 g/mol. The highest BCUT2D eigenvalue weighted by molar-refractivity contribution is 5.48. The quantitative estimate of drug-likeness (QED) is 0.777. The lowest BCUT2D eigenvalue weighted by Gasteiger charge is -2.10. The van der Waals surface area contributed by atoms with Crippen LogP contribution in [0.15, 0.2) is 18.2 Å². The van der Waals surface area contributed by atoms with E-state index in [1.165, 1.54) is 0 Å². The van der Waals surface area contributed by atoms with Crippen LogP contribution in [-0.4, -0.2) is 12.7 Å². The fourth-order valence-electron chi connectivity index (χ4n) is 1.05. The molecule has 0 saturated heterocycles. The van der Waals surface area contributed by atoms with Crippen molar-refractivity contribution in [1.82, 2.24) is 0 Å². The zero-order chi connectivity index (χ0) is 10.8. The molecule has 0 aliphatic carbocycles. The summed E-state index contributed by atoms with van der Waals surface area (Å²) < 4.78 is 35.6. The Morgan fingerprint density at radius 1 is 1.14 bits per heavy atom. The molecule has 1 N–H and O–H groups in total. The molecular weight excluding hydrogens is 191 g/mol. The van der Waals surface area contributed by atoms with Gasteiger partial charge < -0.3 is 5.32 Å². The standard InChI is InChI=1S/C10H12F3N/c1-7-3-4-9(5-8(7)2)14-6-10(11,12)13/h3-5,14H,6H2,1-2H3. The van der Waals surface area contributed by atoms with Crippen molar-refractivity contribution in [3.63, 3.8) is 0 Å². The van der Waals surface area contributed by atoms with Crippen molar-refractivity contribution in [3.05, 3.63) is 29.3 Å². The van der Waals surface area contributed by atoms with Crippen LogP contribution >= 0.6 is 0 Å². The zero-order valence-electron chi connectivity index (χ0n) is 8.07. The average Bonchev–Trinajstić information content (AvgIpc) is 2.06. The maximum Gasteiger partial charge on any atom is 0.405 e. The summed E-state index contributed by atoms with van der Waals surface area (Å²) in [5.41, 5.74) is 2.56. The highest BCUT2D eigenvalue weighted by atomic mass is 19.4. The van der Waals surface area contributed by atoms with E-state index in [-0.39, 0.29) is 0 Å². The van der Waals surface area contributed by atoms with Crippen molar-refractivity contribution in [2.24, 2.45) is 0 Å². The van der Waals surface area contributed by atoms with E-state index in [0.29, 0.717) is 5.69 Å². The number of aryl methyl sites for hydroxylation is 2. The van der Waals surface area contributed by atoms with Gasteiger partial charge in [0.05, 0.1) is 0 Å². The molecule has 14 heavy (non-hydrogen) atoms. The third-order valence-electron chi connectivity index (χ3n) is 2.00. The van der Waals surface area contributed by atoms with Crippen LogP contribution in [0.3, 0.4) is 0 Å². The predicted octanol–water partition coefficient (Wildman–Crippen LogP) is 3.28. The van der Waals surface area contributed by atoms with E-state index in [9.17, 15) is 13.2 Å². The van der Waals surface area contributed by atoms with Gasteiger partial charge in [0.1, 0.15) is 6.54 Å². The molecule has 0 atom stereocenters. The summed E-state index contributed by atoms with van der Waals surface area (Å²) in [7, 11) is 0. The van der Waals surface area contributed by atoms with Crippen LogP contribution in [0.4, 0.5) is 18.9 Å². The summed E-state index contributed by atoms with van der Waals surface area (Å²) >= 11 is 0. The normalized spacial score (nSPS) is 11.5. The van der Waals surface area contributed by atoms with Gasteiger partial charge in [-0.25, -0.2) is 0 Å². The molecule has 1 aromatic rings. The number of anilines is 1. The predicted molar refractivity (Wildman–Crippen MR) is 50.5 cm³/mol. The Balaban J connectivity index is 2.65. The lowest BCUT2D eigenvalue weighted by atomic mass is 10.1. The van der Waals surface area contributed by atoms with Crippen LogP contribution in [0.1, 0.15) is 11.1 Å². The van der Waals surface area contributed by atoms with Gasteiger partial charge in [-0.1, -0.05) is 6.07 Å². The Morgan fingerprint density at radius 3 is 2.29 bits per heavy atom. The van der Waals surface area contributed by atoms with Crippen LogP contribution in [0.5, 0.6) is 0 Å². The van der Waals surface area contributed by atoms with Gasteiger partial charge in [-0.15, -0.1) is 0 Å². The smallest absolute Gasteiger partial charge is 0.376 e. The van der Waals surface area contributed by atoms with Crippen molar-refractivity contribution in [2.75, 3.05) is 11.9 Å². The summed E-state index contributed by atoms with van der Waals surface area (Å²) in [6.07, 6.45) is -4.17. The lowest BCUT2D eigenvalue weighted by molar-refractivity contribution is -0.115. The molecule has 0 amide bonds. The van der Waals surface area contributed by atoms with E-state index >= 15 is 0 Å². The first-order chi connectivity index (χ1) is 6.38. The van der Waals surface area contributed by atoms with Crippen LogP contribution in [-0.2, 0) is 0 Å². The van der Waals surface area contributed by atoms with Crippen LogP contribution in [0, 0.1) is 13.8 Å². The van der Waals surface area contributed by atoms with E-state index in [1.807, 2.05) is 13.8 Å². The number of nitrogens with one attached hydrogen (secondary N) is 1. The van der Waals surface area contributed by atoms with Gasteiger partial charge in [-0.05, 0) is 37.1 Å². The minimum atomic E-state index is -4.17. The second-order valence-corrected chi connectivity index (χ2v) is 3.27. The molecular formula is C10H12F3N. The molecule has 0 spiro atoms. The maximum absolute atomic E-state index is 11.9. The lowest BCUT2D eigenvalue weighted by Crippen LogP contribution is -2.21. The second kappa shape index (κ2) is 3.90. The zero-order valence-corrected chi connectivity index (χ0v) is 8.07. The minimum absolute atomic E-state index is 0.505. The number of hydrogen-bond donors (Lipinski definition) is 1. The van der Waals surface area contributed by atoms with Gasteiger partial charge in [0.15, 0.2) is 0 Å². The molecule has 0 heterocycles. The fourth-order valence-corrected chi connectivity index (χ4v) is 1.05. The number of rotatable bonds is 2. The van der Waals surface area contributed by atoms with E-state index < -0.39 is 12.7 Å². The van der Waals surface area contributed by atoms with Crippen molar-refractivity contribution in [1.29, 1.82) is 0 Å². The minimum Gasteiger partial charge on any atom is -0.376 e. The first-order valence-electron chi connectivity index (χ1n) is 4.26. The Hall–Kier alpha value is -1.19. The number of hydrogen-bond acceptors (Lipinski definition) is 1.